The fraction of sp³-hybridized carbons (Fsp3) is 0.333. The Morgan fingerprint density at radius 2 is 1.75 bits per heavy atom. The normalized spacial score (nSPS) is 8.25. The molecule has 0 saturated heterocycles. The highest BCUT2D eigenvalue weighted by Crippen LogP contribution is 1.87. The van der Waals surface area contributed by atoms with Crippen LogP contribution < -0.4 is 10.3 Å². The summed E-state index contributed by atoms with van der Waals surface area (Å²) < 4.78 is 2.02. The van der Waals surface area contributed by atoms with Crippen LogP contribution in [0.3, 0.4) is 0 Å². The van der Waals surface area contributed by atoms with Gasteiger partial charge in [0.05, 0.1) is 4.99 Å². The van der Waals surface area contributed by atoms with Crippen molar-refractivity contribution in [2.24, 2.45) is 12.8 Å². The minimum absolute atomic E-state index is 0.500. The molecule has 0 fully saturated rings. The van der Waals surface area contributed by atoms with Crippen molar-refractivity contribution in [2.45, 2.75) is 13.8 Å². The standard InChI is InChI=1S/C7H10N.C2H5NS/c1-7-3-5-8(2)6-4-7;1-2(3)4/h3-6H,1-2H3;1H3,(H2,3,4)/q+1;. The maximum atomic E-state index is 4.84. The summed E-state index contributed by atoms with van der Waals surface area (Å²) in [6.45, 7) is 3.76. The minimum atomic E-state index is 0.500. The Balaban J connectivity index is 0.000000261. The second kappa shape index (κ2) is 5.66. The number of hydrogen-bond acceptors (Lipinski definition) is 1. The van der Waals surface area contributed by atoms with Crippen molar-refractivity contribution in [3.05, 3.63) is 30.1 Å². The molecular weight excluding hydrogens is 168 g/mol. The fourth-order valence-corrected chi connectivity index (χ4v) is 0.576. The van der Waals surface area contributed by atoms with Gasteiger partial charge in [-0.25, -0.2) is 4.57 Å². The molecule has 0 atom stereocenters. The smallest absolute Gasteiger partial charge is 0.168 e. The number of thiocarbonyl (C=S) groups is 1. The van der Waals surface area contributed by atoms with Crippen molar-refractivity contribution in [1.29, 1.82) is 0 Å². The van der Waals surface area contributed by atoms with E-state index in [1.54, 1.807) is 6.92 Å². The zero-order valence-corrected chi connectivity index (χ0v) is 8.56. The minimum Gasteiger partial charge on any atom is -0.394 e. The van der Waals surface area contributed by atoms with Crippen molar-refractivity contribution in [3.8, 4) is 0 Å². The molecule has 2 N–H and O–H groups in total. The van der Waals surface area contributed by atoms with Gasteiger partial charge in [-0.15, -0.1) is 0 Å². The first kappa shape index (κ1) is 11.0. The van der Waals surface area contributed by atoms with Crippen LogP contribution >= 0.6 is 12.2 Å². The van der Waals surface area contributed by atoms with Crippen LogP contribution in [0.15, 0.2) is 24.5 Å². The molecule has 0 unspecified atom stereocenters. The Morgan fingerprint density at radius 1 is 1.42 bits per heavy atom. The van der Waals surface area contributed by atoms with Crippen LogP contribution in [0.1, 0.15) is 12.5 Å². The molecule has 1 rings (SSSR count). The first-order chi connectivity index (χ1) is 5.52. The van der Waals surface area contributed by atoms with E-state index in [2.05, 4.69) is 31.3 Å². The molecule has 1 heterocycles. The van der Waals surface area contributed by atoms with Gasteiger partial charge in [0.15, 0.2) is 12.4 Å². The molecule has 12 heavy (non-hydrogen) atoms. The number of nitrogens with two attached hydrogens (primary N) is 1. The summed E-state index contributed by atoms with van der Waals surface area (Å²) in [7, 11) is 2.01. The number of rotatable bonds is 0. The molecule has 0 aliphatic carbocycles. The van der Waals surface area contributed by atoms with E-state index in [0.29, 0.717) is 4.99 Å². The van der Waals surface area contributed by atoms with E-state index in [4.69, 9.17) is 5.73 Å². The Bertz CT molecular complexity index is 216. The molecule has 0 saturated carbocycles. The molecule has 2 nitrogen and oxygen atoms in total. The van der Waals surface area contributed by atoms with E-state index in [0.717, 1.165) is 0 Å². The van der Waals surface area contributed by atoms with Crippen LogP contribution in [-0.4, -0.2) is 4.99 Å². The largest absolute Gasteiger partial charge is 0.394 e. The van der Waals surface area contributed by atoms with Gasteiger partial charge in [-0.3, -0.25) is 0 Å². The number of nitrogens with zero attached hydrogens (tertiary/aromatic N) is 1. The highest BCUT2D eigenvalue weighted by atomic mass is 32.1. The molecule has 0 spiro atoms. The van der Waals surface area contributed by atoms with Crippen LogP contribution in [0.5, 0.6) is 0 Å². The molecule has 0 bridgehead atoms. The molecule has 0 aliphatic rings. The van der Waals surface area contributed by atoms with Gasteiger partial charge >= 0.3 is 0 Å². The number of hydrogen-bond donors (Lipinski definition) is 1. The fourth-order valence-electron chi connectivity index (χ4n) is 0.576. The summed E-state index contributed by atoms with van der Waals surface area (Å²) >= 11 is 4.31. The highest BCUT2D eigenvalue weighted by molar-refractivity contribution is 7.80. The van der Waals surface area contributed by atoms with Gasteiger partial charge in [-0.05, 0) is 19.4 Å². The lowest BCUT2D eigenvalue weighted by Gasteiger charge is -1.85. The van der Waals surface area contributed by atoms with Gasteiger partial charge in [0.2, 0.25) is 0 Å². The quantitative estimate of drug-likeness (QED) is 0.482. The van der Waals surface area contributed by atoms with Gasteiger partial charge in [0.1, 0.15) is 7.05 Å². The third-order valence-corrected chi connectivity index (χ3v) is 1.15. The Morgan fingerprint density at radius 3 is 2.00 bits per heavy atom. The third-order valence-electron chi connectivity index (χ3n) is 1.15. The number of aryl methyl sites for hydroxylation is 2. The predicted octanol–water partition coefficient (Wildman–Crippen LogP) is 1.11. The summed E-state index contributed by atoms with van der Waals surface area (Å²) in [6, 6.07) is 4.17. The second-order valence-electron chi connectivity index (χ2n) is 2.65. The molecule has 66 valence electrons. The molecule has 1 aromatic heterocycles. The van der Waals surface area contributed by atoms with Gasteiger partial charge in [-0.1, -0.05) is 12.2 Å². The second-order valence-corrected chi connectivity index (χ2v) is 3.30. The Hall–Kier alpha value is -0.960. The van der Waals surface area contributed by atoms with E-state index < -0.39 is 0 Å². The van der Waals surface area contributed by atoms with Crippen molar-refractivity contribution >= 4 is 17.2 Å². The average Bonchev–Trinajstić information content (AvgIpc) is 1.94. The Kier molecular flexibility index (Phi) is 5.21. The van der Waals surface area contributed by atoms with Crippen LogP contribution in [-0.2, 0) is 7.05 Å². The van der Waals surface area contributed by atoms with Crippen molar-refractivity contribution in [2.75, 3.05) is 0 Å². The highest BCUT2D eigenvalue weighted by Gasteiger charge is 1.85. The molecular formula is C9H15N2S+. The molecule has 0 aromatic carbocycles. The number of aromatic nitrogens is 1. The van der Waals surface area contributed by atoms with Gasteiger partial charge in [0, 0.05) is 12.1 Å². The van der Waals surface area contributed by atoms with Gasteiger partial charge in [-0.2, -0.15) is 0 Å². The summed E-state index contributed by atoms with van der Waals surface area (Å²) in [4.78, 5) is 0.500. The van der Waals surface area contributed by atoms with E-state index in [1.807, 2.05) is 24.0 Å². The first-order valence-electron chi connectivity index (χ1n) is 3.70. The summed E-state index contributed by atoms with van der Waals surface area (Å²) in [6.07, 6.45) is 4.07. The van der Waals surface area contributed by atoms with Crippen LogP contribution in [0.25, 0.3) is 0 Å². The number of pyridine rings is 1. The maximum Gasteiger partial charge on any atom is 0.168 e. The van der Waals surface area contributed by atoms with E-state index >= 15 is 0 Å². The Labute approximate surface area is 79.0 Å². The van der Waals surface area contributed by atoms with E-state index in [-0.39, 0.29) is 0 Å². The van der Waals surface area contributed by atoms with Crippen molar-refractivity contribution < 1.29 is 4.57 Å². The van der Waals surface area contributed by atoms with Crippen molar-refractivity contribution in [1.82, 2.24) is 0 Å². The summed E-state index contributed by atoms with van der Waals surface area (Å²) in [5.41, 5.74) is 6.15. The SMILES string of the molecule is CC(N)=S.Cc1cc[n+](C)cc1. The topological polar surface area (TPSA) is 29.9 Å². The van der Waals surface area contributed by atoms with E-state index in [1.165, 1.54) is 5.56 Å². The van der Waals surface area contributed by atoms with E-state index in [9.17, 15) is 0 Å². The molecule has 3 heteroatoms. The maximum absolute atomic E-state index is 4.84. The van der Waals surface area contributed by atoms with Crippen molar-refractivity contribution in [3.63, 3.8) is 0 Å². The summed E-state index contributed by atoms with van der Waals surface area (Å²) in [5, 5.41) is 0. The molecule has 0 amide bonds. The van der Waals surface area contributed by atoms with Crippen LogP contribution in [0.2, 0.25) is 0 Å². The zero-order chi connectivity index (χ0) is 9.56. The monoisotopic (exact) mass is 183 g/mol. The lowest BCUT2D eigenvalue weighted by Crippen LogP contribution is -2.25. The lowest BCUT2D eigenvalue weighted by molar-refractivity contribution is -0.671. The van der Waals surface area contributed by atoms with Gasteiger partial charge < -0.3 is 5.73 Å². The predicted molar refractivity (Wildman–Crippen MR) is 54.8 cm³/mol. The first-order valence-corrected chi connectivity index (χ1v) is 4.11. The molecule has 0 aliphatic heterocycles. The molecule has 0 radical (unpaired) electrons. The summed E-state index contributed by atoms with van der Waals surface area (Å²) in [5.74, 6) is 0. The van der Waals surface area contributed by atoms with Crippen LogP contribution in [0.4, 0.5) is 0 Å². The van der Waals surface area contributed by atoms with Crippen LogP contribution in [0, 0.1) is 6.92 Å². The molecule has 1 aromatic rings. The van der Waals surface area contributed by atoms with Gasteiger partial charge in [0.25, 0.3) is 0 Å². The third kappa shape index (κ3) is 7.15. The lowest BCUT2D eigenvalue weighted by atomic mass is 10.3. The zero-order valence-electron chi connectivity index (χ0n) is 7.74. The average molecular weight is 183 g/mol.